The second-order valence-electron chi connectivity index (χ2n) is 6.30. The van der Waals surface area contributed by atoms with E-state index in [4.69, 9.17) is 0 Å². The Labute approximate surface area is 151 Å². The molecule has 1 aliphatic rings. The van der Waals surface area contributed by atoms with Crippen LogP contribution in [0.4, 0.5) is 5.82 Å². The maximum Gasteiger partial charge on any atom is 0.307 e. The molecule has 1 atom stereocenters. The first kappa shape index (κ1) is 16.7. The summed E-state index contributed by atoms with van der Waals surface area (Å²) in [7, 11) is 0. The lowest BCUT2D eigenvalue weighted by atomic mass is 10.3. The van der Waals surface area contributed by atoms with E-state index >= 15 is 0 Å². The summed E-state index contributed by atoms with van der Waals surface area (Å²) in [4.78, 5) is 23.0. The zero-order valence-electron chi connectivity index (χ0n) is 14.0. The first-order valence-corrected chi connectivity index (χ1v) is 9.09. The van der Waals surface area contributed by atoms with Crippen molar-refractivity contribution < 1.29 is 10.2 Å². The second kappa shape index (κ2) is 6.54. The van der Waals surface area contributed by atoms with Crippen molar-refractivity contribution >= 4 is 28.9 Å². The van der Waals surface area contributed by atoms with Crippen molar-refractivity contribution in [3.05, 3.63) is 37.5 Å². The molecule has 4 N–H and O–H groups in total. The van der Waals surface area contributed by atoms with Crippen LogP contribution in [0.2, 0.25) is 0 Å². The van der Waals surface area contributed by atoms with Gasteiger partial charge in [0.05, 0.1) is 23.2 Å². The molecule has 4 rings (SSSR count). The summed E-state index contributed by atoms with van der Waals surface area (Å²) in [5.41, 5.74) is 1.23. The van der Waals surface area contributed by atoms with Crippen LogP contribution in [0.1, 0.15) is 24.6 Å². The Bertz CT molecular complexity index is 1130. The highest BCUT2D eigenvalue weighted by atomic mass is 32.1. The Morgan fingerprint density at radius 2 is 2.38 bits per heavy atom. The lowest BCUT2D eigenvalue weighted by molar-refractivity contribution is 0.208. The van der Waals surface area contributed by atoms with Crippen molar-refractivity contribution in [2.75, 3.05) is 11.9 Å². The van der Waals surface area contributed by atoms with E-state index in [1.807, 2.05) is 0 Å². The summed E-state index contributed by atoms with van der Waals surface area (Å²) >= 11 is 0.911. The number of nitrogens with one attached hydrogen (secondary N) is 2. The van der Waals surface area contributed by atoms with Gasteiger partial charge in [0.25, 0.3) is 0 Å². The summed E-state index contributed by atoms with van der Waals surface area (Å²) in [6, 6.07) is 2.11. The number of rotatable bonds is 5. The maximum atomic E-state index is 11.4. The summed E-state index contributed by atoms with van der Waals surface area (Å²) in [6.45, 7) is 2.05. The van der Waals surface area contributed by atoms with E-state index in [2.05, 4.69) is 25.4 Å². The van der Waals surface area contributed by atoms with Crippen molar-refractivity contribution in [2.24, 2.45) is 4.99 Å². The number of anilines is 1. The SMILES string of the molecule is CC(O)CNc1cc(=NC2CC2)n2nc/c(=C\c3sc(=O)[nH]c3O)c2n1. The van der Waals surface area contributed by atoms with Crippen LogP contribution in [-0.4, -0.2) is 48.5 Å². The van der Waals surface area contributed by atoms with Crippen LogP contribution in [0.15, 0.2) is 22.1 Å². The molecule has 0 saturated heterocycles. The van der Waals surface area contributed by atoms with E-state index < -0.39 is 6.10 Å². The van der Waals surface area contributed by atoms with Gasteiger partial charge in [0, 0.05) is 17.8 Å². The van der Waals surface area contributed by atoms with Crippen LogP contribution in [0.25, 0.3) is 11.7 Å². The van der Waals surface area contributed by atoms with E-state index in [9.17, 15) is 15.0 Å². The lowest BCUT2D eigenvalue weighted by Gasteiger charge is -2.08. The second-order valence-corrected chi connectivity index (χ2v) is 7.31. The van der Waals surface area contributed by atoms with Gasteiger partial charge in [-0.25, -0.2) is 4.98 Å². The highest BCUT2D eigenvalue weighted by Gasteiger charge is 2.20. The van der Waals surface area contributed by atoms with Crippen LogP contribution in [0.3, 0.4) is 0 Å². The fourth-order valence-corrected chi connectivity index (χ4v) is 3.14. The number of aliphatic hydroxyl groups is 1. The first-order chi connectivity index (χ1) is 12.5. The molecule has 0 aliphatic heterocycles. The average Bonchev–Trinajstić information content (AvgIpc) is 3.22. The number of nitrogens with zero attached hydrogens (tertiary/aromatic N) is 4. The Morgan fingerprint density at radius 3 is 3.04 bits per heavy atom. The molecule has 0 spiro atoms. The van der Waals surface area contributed by atoms with Crippen LogP contribution < -0.4 is 20.9 Å². The van der Waals surface area contributed by atoms with E-state index in [1.165, 1.54) is 0 Å². The molecule has 1 saturated carbocycles. The molecule has 3 aromatic rings. The number of thiazole rings is 1. The van der Waals surface area contributed by atoms with Gasteiger partial charge in [-0.3, -0.25) is 14.8 Å². The molecule has 1 unspecified atom stereocenters. The van der Waals surface area contributed by atoms with Gasteiger partial charge in [0.15, 0.2) is 11.1 Å². The summed E-state index contributed by atoms with van der Waals surface area (Å²) in [6.07, 6.45) is 4.89. The molecular formula is C16H18N6O3S. The quantitative estimate of drug-likeness (QED) is 0.481. The highest BCUT2D eigenvalue weighted by Crippen LogP contribution is 2.22. The number of hydrogen-bond donors (Lipinski definition) is 4. The third kappa shape index (κ3) is 3.46. The molecule has 3 aromatic heterocycles. The molecule has 0 amide bonds. The number of aromatic amines is 1. The number of H-pyrrole nitrogens is 1. The van der Waals surface area contributed by atoms with Crippen molar-refractivity contribution in [1.29, 1.82) is 0 Å². The Kier molecular flexibility index (Phi) is 4.21. The molecular weight excluding hydrogens is 356 g/mol. The standard InChI is InChI=1S/C16H18N6O3S/c1-8(23)6-17-12-5-13(19-10-2-3-10)22-14(20-12)9(7-18-22)4-11-15(24)21-16(25)26-11/h4-5,7-8,10,17,23-24H,2-3,6H2,1H3,(H,21,25)/b9-4+,19-13?. The molecule has 0 radical (unpaired) electrons. The molecule has 1 aliphatic carbocycles. The first-order valence-electron chi connectivity index (χ1n) is 8.28. The monoisotopic (exact) mass is 374 g/mol. The minimum atomic E-state index is -0.512. The van der Waals surface area contributed by atoms with Crippen LogP contribution in [0.5, 0.6) is 5.88 Å². The molecule has 136 valence electrons. The van der Waals surface area contributed by atoms with Crippen molar-refractivity contribution in [3.63, 3.8) is 0 Å². The van der Waals surface area contributed by atoms with Crippen molar-refractivity contribution in [3.8, 4) is 5.88 Å². The number of aliphatic hydroxyl groups excluding tert-OH is 1. The summed E-state index contributed by atoms with van der Waals surface area (Å²) < 4.78 is 1.64. The van der Waals surface area contributed by atoms with Gasteiger partial charge in [-0.2, -0.15) is 9.61 Å². The topological polar surface area (TPSA) is 128 Å². The van der Waals surface area contributed by atoms with Crippen LogP contribution >= 0.6 is 11.3 Å². The molecule has 3 heterocycles. The molecule has 1 fully saturated rings. The van der Waals surface area contributed by atoms with Gasteiger partial charge in [0.2, 0.25) is 5.88 Å². The van der Waals surface area contributed by atoms with Gasteiger partial charge in [-0.1, -0.05) is 11.3 Å². The molecule has 10 heteroatoms. The molecule has 0 aromatic carbocycles. The Morgan fingerprint density at radius 1 is 1.58 bits per heavy atom. The molecule has 26 heavy (non-hydrogen) atoms. The molecule has 9 nitrogen and oxygen atoms in total. The predicted molar refractivity (Wildman–Crippen MR) is 97.1 cm³/mol. The zero-order valence-corrected chi connectivity index (χ0v) is 14.8. The van der Waals surface area contributed by atoms with Gasteiger partial charge in [-0.05, 0) is 25.8 Å². The smallest absolute Gasteiger partial charge is 0.307 e. The van der Waals surface area contributed by atoms with E-state index in [-0.39, 0.29) is 10.8 Å². The fraction of sp³-hybridized carbons (Fsp3) is 0.375. The summed E-state index contributed by atoms with van der Waals surface area (Å²) in [5, 5.41) is 27.4. The fourth-order valence-electron chi connectivity index (χ4n) is 2.46. The molecule has 0 bridgehead atoms. The van der Waals surface area contributed by atoms with Gasteiger partial charge < -0.3 is 15.5 Å². The average molecular weight is 374 g/mol. The highest BCUT2D eigenvalue weighted by molar-refractivity contribution is 7.10. The lowest BCUT2D eigenvalue weighted by Crippen LogP contribution is -2.22. The van der Waals surface area contributed by atoms with Gasteiger partial charge in [-0.15, -0.1) is 0 Å². The van der Waals surface area contributed by atoms with Crippen molar-refractivity contribution in [2.45, 2.75) is 31.9 Å². The third-order valence-corrected chi connectivity index (χ3v) is 4.68. The third-order valence-electron chi connectivity index (χ3n) is 3.86. The van der Waals surface area contributed by atoms with E-state index in [0.717, 1.165) is 24.2 Å². The minimum Gasteiger partial charge on any atom is -0.493 e. The number of aromatic nitrogens is 4. The minimum absolute atomic E-state index is 0.175. The maximum absolute atomic E-state index is 11.4. The number of hydrogen-bond acceptors (Lipinski definition) is 8. The summed E-state index contributed by atoms with van der Waals surface area (Å²) in [5.74, 6) is 0.407. The van der Waals surface area contributed by atoms with Gasteiger partial charge >= 0.3 is 4.87 Å². The normalized spacial score (nSPS) is 17.2. The zero-order chi connectivity index (χ0) is 18.3. The van der Waals surface area contributed by atoms with E-state index in [1.54, 1.807) is 29.8 Å². The van der Waals surface area contributed by atoms with E-state index in [0.29, 0.717) is 39.6 Å². The Balaban J connectivity index is 1.88. The Hall–Kier alpha value is -2.72. The van der Waals surface area contributed by atoms with Crippen molar-refractivity contribution in [1.82, 2.24) is 19.6 Å². The van der Waals surface area contributed by atoms with Crippen LogP contribution in [0, 0.1) is 0 Å². The van der Waals surface area contributed by atoms with Crippen LogP contribution in [-0.2, 0) is 0 Å². The van der Waals surface area contributed by atoms with Gasteiger partial charge in [0.1, 0.15) is 5.82 Å². The largest absolute Gasteiger partial charge is 0.493 e. The number of fused-ring (bicyclic) bond motifs is 1. The number of aromatic hydroxyl groups is 1. The predicted octanol–water partition coefficient (Wildman–Crippen LogP) is -0.412.